The van der Waals surface area contributed by atoms with Crippen LogP contribution in [-0.2, 0) is 4.79 Å². The predicted octanol–water partition coefficient (Wildman–Crippen LogP) is 5.11. The molecule has 0 unspecified atom stereocenters. The van der Waals surface area contributed by atoms with Crippen molar-refractivity contribution in [2.75, 3.05) is 6.61 Å². The van der Waals surface area contributed by atoms with Crippen molar-refractivity contribution in [2.45, 2.75) is 5.16 Å². The highest BCUT2D eigenvalue weighted by Crippen LogP contribution is 2.32. The van der Waals surface area contributed by atoms with Gasteiger partial charge in [-0.3, -0.25) is 0 Å². The third-order valence-corrected chi connectivity index (χ3v) is 4.79. The van der Waals surface area contributed by atoms with Gasteiger partial charge < -0.3 is 14.8 Å². The highest BCUT2D eigenvalue weighted by atomic mass is 79.9. The summed E-state index contributed by atoms with van der Waals surface area (Å²) in [4.78, 5) is 19.4. The fourth-order valence-electron chi connectivity index (χ4n) is 2.27. The quantitative estimate of drug-likeness (QED) is 0.309. The summed E-state index contributed by atoms with van der Waals surface area (Å²) >= 11 is 4.46. The predicted molar refractivity (Wildman–Crippen MR) is 107 cm³/mol. The molecule has 0 spiro atoms. The molecule has 0 aliphatic heterocycles. The van der Waals surface area contributed by atoms with Gasteiger partial charge in [0, 0.05) is 10.0 Å². The van der Waals surface area contributed by atoms with E-state index in [2.05, 4.69) is 32.5 Å². The first-order chi connectivity index (χ1) is 12.6. The Labute approximate surface area is 162 Å². The lowest BCUT2D eigenvalue weighted by Gasteiger charge is -2.09. The molecule has 1 heterocycles. The normalized spacial score (nSPS) is 11.5. The summed E-state index contributed by atoms with van der Waals surface area (Å²) in [5, 5.41) is 10.1. The highest BCUT2D eigenvalue weighted by molar-refractivity contribution is 9.10. The van der Waals surface area contributed by atoms with Crippen LogP contribution in [0.15, 0.2) is 69.7 Å². The molecule has 0 radical (unpaired) electrons. The number of carboxylic acid groups (broad SMARTS) is 1. The molecule has 0 aliphatic carbocycles. The van der Waals surface area contributed by atoms with Gasteiger partial charge in [0.1, 0.15) is 17.3 Å². The van der Waals surface area contributed by atoms with Gasteiger partial charge >= 0.3 is 5.97 Å². The van der Waals surface area contributed by atoms with Gasteiger partial charge in [-0.15, -0.1) is 0 Å². The first kappa shape index (κ1) is 18.3. The van der Waals surface area contributed by atoms with Crippen molar-refractivity contribution in [3.63, 3.8) is 0 Å². The molecule has 0 saturated carbocycles. The molecule has 2 N–H and O–H groups in total. The van der Waals surface area contributed by atoms with E-state index in [4.69, 9.17) is 4.74 Å². The number of carbonyl (C=O) groups is 1. The van der Waals surface area contributed by atoms with Crippen LogP contribution in [0.5, 0.6) is 5.75 Å². The van der Waals surface area contributed by atoms with Crippen molar-refractivity contribution < 1.29 is 14.6 Å². The Hall–Kier alpha value is -2.51. The maximum absolute atomic E-state index is 11.7. The van der Waals surface area contributed by atoms with Crippen LogP contribution >= 0.6 is 27.7 Å². The van der Waals surface area contributed by atoms with E-state index in [0.717, 1.165) is 27.3 Å². The lowest BCUT2D eigenvalue weighted by atomic mass is 10.2. The average Bonchev–Trinajstić information content (AvgIpc) is 3.03. The van der Waals surface area contributed by atoms with Crippen molar-refractivity contribution in [3.8, 4) is 5.75 Å². The van der Waals surface area contributed by atoms with Crippen molar-refractivity contribution >= 4 is 50.8 Å². The SMILES string of the molecule is C=CCOc1ccc(Br)cc1/C=C(\Sc1nc2ccccc2[nH]1)C(=O)O. The van der Waals surface area contributed by atoms with Crippen LogP contribution in [0.4, 0.5) is 0 Å². The molecule has 3 aromatic rings. The van der Waals surface area contributed by atoms with Gasteiger partial charge in [-0.2, -0.15) is 0 Å². The molecule has 3 rings (SSSR count). The number of halogens is 1. The van der Waals surface area contributed by atoms with E-state index in [9.17, 15) is 9.90 Å². The van der Waals surface area contributed by atoms with E-state index < -0.39 is 5.97 Å². The number of hydrogen-bond acceptors (Lipinski definition) is 4. The number of aliphatic carboxylic acids is 1. The maximum atomic E-state index is 11.7. The van der Waals surface area contributed by atoms with Crippen LogP contribution in [0.1, 0.15) is 5.56 Å². The smallest absolute Gasteiger partial charge is 0.342 e. The lowest BCUT2D eigenvalue weighted by molar-refractivity contribution is -0.131. The second kappa shape index (κ2) is 8.25. The van der Waals surface area contributed by atoms with Gasteiger partial charge in [-0.05, 0) is 48.2 Å². The fraction of sp³-hybridized carbons (Fsp3) is 0.0526. The maximum Gasteiger partial charge on any atom is 0.342 e. The van der Waals surface area contributed by atoms with Gasteiger partial charge in [0.25, 0.3) is 0 Å². The molecule has 2 aromatic carbocycles. The monoisotopic (exact) mass is 430 g/mol. The van der Waals surface area contributed by atoms with E-state index in [0.29, 0.717) is 23.1 Å². The first-order valence-electron chi connectivity index (χ1n) is 7.67. The molecule has 0 fully saturated rings. The summed E-state index contributed by atoms with van der Waals surface area (Å²) in [6.45, 7) is 3.96. The Kier molecular flexibility index (Phi) is 5.80. The summed E-state index contributed by atoms with van der Waals surface area (Å²) in [6.07, 6.45) is 3.21. The molecule has 26 heavy (non-hydrogen) atoms. The van der Waals surface area contributed by atoms with Crippen LogP contribution in [0, 0.1) is 0 Å². The standard InChI is InChI=1S/C19H15BrN2O3S/c1-2-9-25-16-8-7-13(20)10-12(16)11-17(18(23)24)26-19-21-14-5-3-4-6-15(14)22-19/h2-8,10-11H,1,9H2,(H,21,22)(H,23,24)/b17-11-. The van der Waals surface area contributed by atoms with Crippen LogP contribution in [0.2, 0.25) is 0 Å². The van der Waals surface area contributed by atoms with Gasteiger partial charge in [-0.25, -0.2) is 9.78 Å². The third-order valence-electron chi connectivity index (χ3n) is 3.40. The second-order valence-electron chi connectivity index (χ2n) is 5.26. The summed E-state index contributed by atoms with van der Waals surface area (Å²) in [5.41, 5.74) is 2.30. The minimum Gasteiger partial charge on any atom is -0.489 e. The Morgan fingerprint density at radius 1 is 1.35 bits per heavy atom. The number of aromatic nitrogens is 2. The van der Waals surface area contributed by atoms with Gasteiger partial charge in [0.15, 0.2) is 5.16 Å². The van der Waals surface area contributed by atoms with Crippen molar-refractivity contribution in [1.82, 2.24) is 9.97 Å². The number of H-pyrrole nitrogens is 1. The van der Waals surface area contributed by atoms with Crippen molar-refractivity contribution in [1.29, 1.82) is 0 Å². The molecule has 0 saturated heterocycles. The Morgan fingerprint density at radius 2 is 2.15 bits per heavy atom. The number of carboxylic acids is 1. The number of fused-ring (bicyclic) bond motifs is 1. The molecular formula is C19H15BrN2O3S. The lowest BCUT2D eigenvalue weighted by Crippen LogP contribution is -1.99. The topological polar surface area (TPSA) is 75.2 Å². The number of thioether (sulfide) groups is 1. The van der Waals surface area contributed by atoms with E-state index in [1.165, 1.54) is 0 Å². The number of benzene rings is 2. The fourth-order valence-corrected chi connectivity index (χ4v) is 3.44. The minimum atomic E-state index is -1.04. The van der Waals surface area contributed by atoms with E-state index in [-0.39, 0.29) is 4.91 Å². The molecule has 7 heteroatoms. The summed E-state index contributed by atoms with van der Waals surface area (Å²) in [6, 6.07) is 13.0. The van der Waals surface area contributed by atoms with Crippen molar-refractivity contribution in [2.24, 2.45) is 0 Å². The van der Waals surface area contributed by atoms with Crippen molar-refractivity contribution in [3.05, 3.63) is 70.1 Å². The second-order valence-corrected chi connectivity index (χ2v) is 7.20. The summed E-state index contributed by atoms with van der Waals surface area (Å²) in [7, 11) is 0. The summed E-state index contributed by atoms with van der Waals surface area (Å²) < 4.78 is 6.44. The molecule has 1 aromatic heterocycles. The zero-order valence-corrected chi connectivity index (χ0v) is 16.0. The summed E-state index contributed by atoms with van der Waals surface area (Å²) in [5.74, 6) is -0.456. The number of nitrogens with one attached hydrogen (secondary N) is 1. The van der Waals surface area contributed by atoms with E-state index in [1.54, 1.807) is 24.3 Å². The number of imidazole rings is 1. The van der Waals surface area contributed by atoms with Crippen LogP contribution < -0.4 is 4.74 Å². The van der Waals surface area contributed by atoms with E-state index >= 15 is 0 Å². The van der Waals surface area contributed by atoms with Gasteiger partial charge in [-0.1, -0.05) is 40.7 Å². The molecule has 0 bridgehead atoms. The third kappa shape index (κ3) is 4.36. The average molecular weight is 431 g/mol. The Morgan fingerprint density at radius 3 is 2.88 bits per heavy atom. The molecule has 0 atom stereocenters. The molecule has 0 aliphatic rings. The molecular weight excluding hydrogens is 416 g/mol. The first-order valence-corrected chi connectivity index (χ1v) is 9.28. The Balaban J connectivity index is 1.95. The zero-order chi connectivity index (χ0) is 18.5. The minimum absolute atomic E-state index is 0.130. The number of aromatic amines is 1. The number of para-hydroxylation sites is 2. The van der Waals surface area contributed by atoms with Crippen LogP contribution in [0.25, 0.3) is 17.1 Å². The largest absolute Gasteiger partial charge is 0.489 e. The molecule has 0 amide bonds. The number of nitrogens with zero attached hydrogens (tertiary/aromatic N) is 1. The van der Waals surface area contributed by atoms with Crippen LogP contribution in [-0.4, -0.2) is 27.7 Å². The van der Waals surface area contributed by atoms with E-state index in [1.807, 2.05) is 30.3 Å². The zero-order valence-electron chi connectivity index (χ0n) is 13.6. The van der Waals surface area contributed by atoms with Crippen LogP contribution in [0.3, 0.4) is 0 Å². The molecule has 5 nitrogen and oxygen atoms in total. The van der Waals surface area contributed by atoms with Gasteiger partial charge in [0.2, 0.25) is 0 Å². The number of ether oxygens (including phenoxy) is 1. The molecule has 132 valence electrons. The van der Waals surface area contributed by atoms with Gasteiger partial charge in [0.05, 0.1) is 11.0 Å². The Bertz CT molecular complexity index is 964. The number of rotatable bonds is 7. The highest BCUT2D eigenvalue weighted by Gasteiger charge is 2.14. The number of hydrogen-bond donors (Lipinski definition) is 2.